The molecule has 0 aliphatic carbocycles. The largest absolute Gasteiger partial charge is 0.444 e. The van der Waals surface area contributed by atoms with Crippen molar-refractivity contribution in [1.82, 2.24) is 14.8 Å². The first-order valence-corrected chi connectivity index (χ1v) is 7.98. The lowest BCUT2D eigenvalue weighted by Gasteiger charge is -2.43. The Bertz CT molecular complexity index is 635. The van der Waals surface area contributed by atoms with Crippen molar-refractivity contribution in [2.24, 2.45) is 0 Å². The van der Waals surface area contributed by atoms with Gasteiger partial charge in [-0.05, 0) is 26.8 Å². The number of rotatable bonds is 1. The molecule has 0 atom stereocenters. The molecule has 0 unspecified atom stereocenters. The van der Waals surface area contributed by atoms with Crippen LogP contribution in [0.2, 0.25) is 0 Å². The van der Waals surface area contributed by atoms with Gasteiger partial charge in [0.2, 0.25) is 0 Å². The first kappa shape index (κ1) is 15.3. The zero-order valence-electron chi connectivity index (χ0n) is 12.8. The summed E-state index contributed by atoms with van der Waals surface area (Å²) in [5, 5.41) is 0. The molecule has 0 bridgehead atoms. The Balaban J connectivity index is 1.62. The molecule has 2 aliphatic rings. The molecular weight excluding hydrogens is 350 g/mol. The van der Waals surface area contributed by atoms with Crippen molar-refractivity contribution in [3.05, 3.63) is 28.0 Å². The Morgan fingerprint density at radius 2 is 2.09 bits per heavy atom. The smallest absolute Gasteiger partial charge is 0.410 e. The number of fused-ring (bicyclic) bond motifs is 1. The first-order valence-electron chi connectivity index (χ1n) is 7.18. The van der Waals surface area contributed by atoms with Crippen molar-refractivity contribution < 1.29 is 14.3 Å². The summed E-state index contributed by atoms with van der Waals surface area (Å²) in [4.78, 5) is 31.9. The van der Waals surface area contributed by atoms with Gasteiger partial charge in [0.25, 0.3) is 5.91 Å². The highest BCUT2D eigenvalue weighted by atomic mass is 79.9. The Morgan fingerprint density at radius 1 is 1.41 bits per heavy atom. The molecule has 3 heterocycles. The van der Waals surface area contributed by atoms with Crippen LogP contribution in [0, 0.1) is 0 Å². The highest BCUT2D eigenvalue weighted by molar-refractivity contribution is 9.10. The van der Waals surface area contributed by atoms with Crippen molar-refractivity contribution in [3.8, 4) is 0 Å². The molecule has 3 rings (SSSR count). The second-order valence-corrected chi connectivity index (χ2v) is 7.45. The maximum absolute atomic E-state index is 12.4. The Hall–Kier alpha value is -1.63. The van der Waals surface area contributed by atoms with Crippen LogP contribution in [0.4, 0.5) is 4.79 Å². The predicted molar refractivity (Wildman–Crippen MR) is 83.4 cm³/mol. The summed E-state index contributed by atoms with van der Waals surface area (Å²) in [6.07, 6.45) is 1.30. The molecule has 1 saturated heterocycles. The van der Waals surface area contributed by atoms with Gasteiger partial charge in [-0.25, -0.2) is 4.79 Å². The lowest BCUT2D eigenvalue weighted by atomic mass is 10.1. The maximum atomic E-state index is 12.4. The topological polar surface area (TPSA) is 62.7 Å². The summed E-state index contributed by atoms with van der Waals surface area (Å²) in [5.41, 5.74) is 0.921. The number of amides is 2. The highest BCUT2D eigenvalue weighted by Gasteiger charge is 2.43. The van der Waals surface area contributed by atoms with Gasteiger partial charge in [0.05, 0.1) is 6.04 Å². The van der Waals surface area contributed by atoms with E-state index in [1.54, 1.807) is 16.0 Å². The third kappa shape index (κ3) is 2.69. The molecule has 1 aromatic heterocycles. The molecule has 0 spiro atoms. The average Bonchev–Trinajstić information content (AvgIpc) is 2.65. The average molecular weight is 368 g/mol. The molecular formula is C15H18BrN3O3. The van der Waals surface area contributed by atoms with Crippen LogP contribution in [-0.2, 0) is 11.3 Å². The van der Waals surface area contributed by atoms with Crippen molar-refractivity contribution in [3.63, 3.8) is 0 Å². The number of carbonyl (C=O) groups is 2. The lowest BCUT2D eigenvalue weighted by molar-refractivity contribution is -0.0125. The van der Waals surface area contributed by atoms with Crippen LogP contribution in [0.25, 0.3) is 0 Å². The molecule has 1 fully saturated rings. The second kappa shape index (κ2) is 5.22. The van der Waals surface area contributed by atoms with E-state index in [2.05, 4.69) is 20.9 Å². The number of halogens is 1. The molecule has 0 saturated carbocycles. The third-order valence-corrected chi connectivity index (χ3v) is 4.49. The van der Waals surface area contributed by atoms with Crippen LogP contribution < -0.4 is 0 Å². The van der Waals surface area contributed by atoms with E-state index in [0.29, 0.717) is 25.3 Å². The van der Waals surface area contributed by atoms with Crippen LogP contribution >= 0.6 is 15.9 Å². The molecule has 2 amide bonds. The lowest BCUT2D eigenvalue weighted by Crippen LogP contribution is -2.61. The molecule has 2 aliphatic heterocycles. The number of hydrogen-bond acceptors (Lipinski definition) is 4. The Labute approximate surface area is 137 Å². The molecule has 22 heavy (non-hydrogen) atoms. The normalized spacial score (nSPS) is 18.3. The first-order chi connectivity index (χ1) is 10.3. The van der Waals surface area contributed by atoms with E-state index < -0.39 is 5.60 Å². The van der Waals surface area contributed by atoms with Gasteiger partial charge in [-0.15, -0.1) is 0 Å². The fraction of sp³-hybridized carbons (Fsp3) is 0.533. The van der Waals surface area contributed by atoms with Crippen LogP contribution in [0.5, 0.6) is 0 Å². The van der Waals surface area contributed by atoms with E-state index in [-0.39, 0.29) is 18.0 Å². The fourth-order valence-corrected chi connectivity index (χ4v) is 3.04. The molecule has 0 radical (unpaired) electrons. The van der Waals surface area contributed by atoms with Gasteiger partial charge in [-0.1, -0.05) is 15.9 Å². The minimum Gasteiger partial charge on any atom is -0.444 e. The summed E-state index contributed by atoms with van der Waals surface area (Å²) in [5.74, 6) is -0.0647. The number of carbonyl (C=O) groups excluding carboxylic acids is 2. The predicted octanol–water partition coefficient (Wildman–Crippen LogP) is 2.42. The molecule has 0 aromatic carbocycles. The van der Waals surface area contributed by atoms with Crippen LogP contribution in [0.3, 0.4) is 0 Å². The zero-order chi connectivity index (χ0) is 16.1. The molecule has 6 nitrogen and oxygen atoms in total. The van der Waals surface area contributed by atoms with Gasteiger partial charge >= 0.3 is 6.09 Å². The van der Waals surface area contributed by atoms with Crippen molar-refractivity contribution in [2.45, 2.75) is 39.0 Å². The van der Waals surface area contributed by atoms with E-state index in [1.807, 2.05) is 26.8 Å². The van der Waals surface area contributed by atoms with Crippen molar-refractivity contribution in [2.75, 3.05) is 13.1 Å². The molecule has 7 heteroatoms. The molecule has 1 aromatic rings. The number of ether oxygens (including phenoxy) is 1. The van der Waals surface area contributed by atoms with E-state index in [0.717, 1.165) is 10.0 Å². The molecule has 118 valence electrons. The van der Waals surface area contributed by atoms with Gasteiger partial charge in [0.1, 0.15) is 11.3 Å². The van der Waals surface area contributed by atoms with Crippen LogP contribution in [0.15, 0.2) is 16.7 Å². The SMILES string of the molecule is CC(C)(C)OC(=O)N1CC(N2Cc3c(Br)ccnc3C2=O)C1. The third-order valence-electron chi connectivity index (χ3n) is 3.75. The van der Waals surface area contributed by atoms with Gasteiger partial charge in [0.15, 0.2) is 0 Å². The Kier molecular flexibility index (Phi) is 3.63. The summed E-state index contributed by atoms with van der Waals surface area (Å²) in [7, 11) is 0. The summed E-state index contributed by atoms with van der Waals surface area (Å²) >= 11 is 3.46. The number of nitrogens with zero attached hydrogens (tertiary/aromatic N) is 3. The minimum absolute atomic E-state index is 0.0288. The van der Waals surface area contributed by atoms with E-state index in [9.17, 15) is 9.59 Å². The van der Waals surface area contributed by atoms with Gasteiger partial charge in [-0.2, -0.15) is 0 Å². The Morgan fingerprint density at radius 3 is 2.68 bits per heavy atom. The summed E-state index contributed by atoms with van der Waals surface area (Å²) in [6, 6.07) is 1.87. The standard InChI is InChI=1S/C15H18BrN3O3/c1-15(2,3)22-14(21)18-6-9(7-18)19-8-10-11(16)4-5-17-12(10)13(19)20/h4-5,9H,6-8H2,1-3H3. The highest BCUT2D eigenvalue weighted by Crippen LogP contribution is 2.31. The number of hydrogen-bond donors (Lipinski definition) is 0. The zero-order valence-corrected chi connectivity index (χ0v) is 14.4. The monoisotopic (exact) mass is 367 g/mol. The number of aromatic nitrogens is 1. The minimum atomic E-state index is -0.503. The van der Waals surface area contributed by atoms with E-state index in [4.69, 9.17) is 4.74 Å². The van der Waals surface area contributed by atoms with Gasteiger partial charge in [-0.3, -0.25) is 9.78 Å². The number of pyridine rings is 1. The quantitative estimate of drug-likeness (QED) is 0.764. The summed E-state index contributed by atoms with van der Waals surface area (Å²) < 4.78 is 6.22. The molecule has 0 N–H and O–H groups in total. The maximum Gasteiger partial charge on any atom is 0.410 e. The fourth-order valence-electron chi connectivity index (χ4n) is 2.60. The van der Waals surface area contributed by atoms with E-state index in [1.165, 1.54) is 0 Å². The second-order valence-electron chi connectivity index (χ2n) is 6.59. The number of likely N-dealkylation sites (tertiary alicyclic amines) is 1. The van der Waals surface area contributed by atoms with E-state index >= 15 is 0 Å². The van der Waals surface area contributed by atoms with Gasteiger partial charge < -0.3 is 14.5 Å². The van der Waals surface area contributed by atoms with Crippen LogP contribution in [0.1, 0.15) is 36.8 Å². The van der Waals surface area contributed by atoms with Crippen molar-refractivity contribution >= 4 is 27.9 Å². The van der Waals surface area contributed by atoms with Crippen LogP contribution in [-0.4, -0.2) is 51.5 Å². The summed E-state index contributed by atoms with van der Waals surface area (Å²) in [6.45, 7) is 7.07. The van der Waals surface area contributed by atoms with Gasteiger partial charge in [0, 0.05) is 35.9 Å². The van der Waals surface area contributed by atoms with Crippen molar-refractivity contribution in [1.29, 1.82) is 0 Å².